The van der Waals surface area contributed by atoms with Crippen molar-refractivity contribution in [3.05, 3.63) is 86.9 Å². The van der Waals surface area contributed by atoms with E-state index in [1.807, 2.05) is 12.1 Å². The minimum absolute atomic E-state index is 0.103. The van der Waals surface area contributed by atoms with Crippen molar-refractivity contribution in [2.75, 3.05) is 13.1 Å². The number of amides is 1. The topological polar surface area (TPSA) is 98.6 Å². The Hall–Kier alpha value is -3.94. The number of carbonyl (C=O) groups is 1. The summed E-state index contributed by atoms with van der Waals surface area (Å²) in [7, 11) is 0. The molecule has 162 valence electrons. The van der Waals surface area contributed by atoms with Gasteiger partial charge in [-0.3, -0.25) is 19.5 Å². The van der Waals surface area contributed by atoms with Gasteiger partial charge in [0.1, 0.15) is 6.54 Å². The molecular weight excluding hydrogens is 410 g/mol. The zero-order valence-electron chi connectivity index (χ0n) is 17.3. The van der Waals surface area contributed by atoms with Crippen LogP contribution in [0.2, 0.25) is 0 Å². The molecule has 1 fully saturated rings. The van der Waals surface area contributed by atoms with Crippen molar-refractivity contribution >= 4 is 33.5 Å². The lowest BCUT2D eigenvalue weighted by Crippen LogP contribution is -2.40. The number of piperidine rings is 1. The molecule has 3 aromatic carbocycles. The fourth-order valence-electron chi connectivity index (χ4n) is 4.60. The summed E-state index contributed by atoms with van der Waals surface area (Å²) < 4.78 is 6.36. The van der Waals surface area contributed by atoms with Gasteiger partial charge in [0, 0.05) is 19.2 Å². The quantitative estimate of drug-likeness (QED) is 0.358. The van der Waals surface area contributed by atoms with Crippen LogP contribution in [-0.2, 0) is 11.3 Å². The van der Waals surface area contributed by atoms with Gasteiger partial charge in [0.2, 0.25) is 5.91 Å². The number of non-ortho nitro benzene ring substituents is 1. The molecule has 2 heterocycles. The number of benzene rings is 3. The zero-order chi connectivity index (χ0) is 22.2. The van der Waals surface area contributed by atoms with Crippen LogP contribution in [0, 0.1) is 10.1 Å². The van der Waals surface area contributed by atoms with E-state index in [-0.39, 0.29) is 23.7 Å². The molecule has 5 rings (SSSR count). The highest BCUT2D eigenvalue weighted by molar-refractivity contribution is 5.86. The maximum absolute atomic E-state index is 12.9. The van der Waals surface area contributed by atoms with Gasteiger partial charge in [0.15, 0.2) is 5.58 Å². The van der Waals surface area contributed by atoms with E-state index in [1.54, 1.807) is 4.90 Å². The van der Waals surface area contributed by atoms with Crippen LogP contribution in [0.4, 0.5) is 5.69 Å². The predicted molar refractivity (Wildman–Crippen MR) is 120 cm³/mol. The summed E-state index contributed by atoms with van der Waals surface area (Å²) in [5.41, 5.74) is 1.63. The number of carbonyl (C=O) groups excluding carboxylic acids is 1. The summed E-state index contributed by atoms with van der Waals surface area (Å²) >= 11 is 0. The molecule has 0 aliphatic carbocycles. The molecular formula is C24H21N3O5. The summed E-state index contributed by atoms with van der Waals surface area (Å²) in [6.45, 7) is 1.08. The molecule has 8 heteroatoms. The molecule has 0 atom stereocenters. The second-order valence-electron chi connectivity index (χ2n) is 8.09. The molecule has 0 radical (unpaired) electrons. The van der Waals surface area contributed by atoms with Crippen LogP contribution in [0.5, 0.6) is 0 Å². The van der Waals surface area contributed by atoms with Crippen molar-refractivity contribution in [1.82, 2.24) is 9.47 Å². The molecule has 1 saturated heterocycles. The fraction of sp³-hybridized carbons (Fsp3) is 0.250. The maximum atomic E-state index is 12.9. The Bertz CT molecular complexity index is 1390. The predicted octanol–water partition coefficient (Wildman–Crippen LogP) is 4.06. The summed E-state index contributed by atoms with van der Waals surface area (Å²) in [6.07, 6.45) is 1.71. The van der Waals surface area contributed by atoms with Crippen molar-refractivity contribution < 1.29 is 14.1 Å². The Labute approximate surface area is 182 Å². The van der Waals surface area contributed by atoms with E-state index < -0.39 is 10.7 Å². The molecule has 0 unspecified atom stereocenters. The van der Waals surface area contributed by atoms with Gasteiger partial charge in [-0.05, 0) is 41.2 Å². The average molecular weight is 431 g/mol. The number of nitrogens with zero attached hydrogens (tertiary/aromatic N) is 3. The second kappa shape index (κ2) is 7.96. The van der Waals surface area contributed by atoms with Gasteiger partial charge in [-0.2, -0.15) is 0 Å². The van der Waals surface area contributed by atoms with Crippen molar-refractivity contribution in [3.8, 4) is 0 Å². The molecule has 1 aliphatic rings. The second-order valence-corrected chi connectivity index (χ2v) is 8.09. The Kier molecular flexibility index (Phi) is 4.97. The van der Waals surface area contributed by atoms with Gasteiger partial charge in [-0.15, -0.1) is 0 Å². The third-order valence-corrected chi connectivity index (χ3v) is 6.27. The largest absolute Gasteiger partial charge is 0.420 e. The van der Waals surface area contributed by atoms with E-state index in [4.69, 9.17) is 4.42 Å². The fourth-order valence-corrected chi connectivity index (χ4v) is 4.60. The molecule has 32 heavy (non-hydrogen) atoms. The summed E-state index contributed by atoms with van der Waals surface area (Å²) in [5.74, 6) is -0.479. The van der Waals surface area contributed by atoms with E-state index in [2.05, 4.69) is 30.3 Å². The van der Waals surface area contributed by atoms with Crippen LogP contribution in [0.3, 0.4) is 0 Å². The van der Waals surface area contributed by atoms with Crippen molar-refractivity contribution in [1.29, 1.82) is 0 Å². The number of nitro benzene ring substituents is 1. The van der Waals surface area contributed by atoms with Gasteiger partial charge in [-0.25, -0.2) is 4.79 Å². The normalized spacial score (nSPS) is 14.8. The highest BCUT2D eigenvalue weighted by Crippen LogP contribution is 2.33. The first-order chi connectivity index (χ1) is 15.5. The molecule has 1 aromatic heterocycles. The third-order valence-electron chi connectivity index (χ3n) is 6.27. The standard InChI is InChI=1S/C24H21N3O5/c28-23(15-26-21-9-8-18(27(30)31)14-22(21)32-24(26)29)25-12-10-17(11-13-25)20-7-3-5-16-4-1-2-6-19(16)20/h1-9,14,17H,10-13,15H2. The lowest BCUT2D eigenvalue weighted by atomic mass is 9.86. The average Bonchev–Trinajstić information content (AvgIpc) is 3.12. The zero-order valence-corrected chi connectivity index (χ0v) is 17.3. The number of likely N-dealkylation sites (tertiary alicyclic amines) is 1. The minimum atomic E-state index is -0.695. The van der Waals surface area contributed by atoms with E-state index in [1.165, 1.54) is 39.1 Å². The van der Waals surface area contributed by atoms with Crippen LogP contribution < -0.4 is 5.76 Å². The van der Waals surface area contributed by atoms with Crippen LogP contribution in [0.1, 0.15) is 24.3 Å². The smallest absolute Gasteiger partial charge is 0.407 e. The van der Waals surface area contributed by atoms with Crippen LogP contribution in [-0.4, -0.2) is 33.4 Å². The highest BCUT2D eigenvalue weighted by atomic mass is 16.6. The number of rotatable bonds is 4. The Morgan fingerprint density at radius 3 is 2.59 bits per heavy atom. The molecule has 1 amide bonds. The summed E-state index contributed by atoms with van der Waals surface area (Å²) in [4.78, 5) is 37.3. The third kappa shape index (κ3) is 3.53. The molecule has 8 nitrogen and oxygen atoms in total. The lowest BCUT2D eigenvalue weighted by Gasteiger charge is -2.32. The van der Waals surface area contributed by atoms with E-state index in [9.17, 15) is 19.7 Å². The molecule has 0 bridgehead atoms. The van der Waals surface area contributed by atoms with E-state index in [0.717, 1.165) is 12.8 Å². The van der Waals surface area contributed by atoms with Crippen LogP contribution >= 0.6 is 0 Å². The summed E-state index contributed by atoms with van der Waals surface area (Å²) in [5, 5.41) is 13.4. The molecule has 0 N–H and O–H groups in total. The van der Waals surface area contributed by atoms with E-state index in [0.29, 0.717) is 24.5 Å². The summed E-state index contributed by atoms with van der Waals surface area (Å²) in [6, 6.07) is 18.6. The van der Waals surface area contributed by atoms with Gasteiger partial charge >= 0.3 is 5.76 Å². The molecule has 4 aromatic rings. The van der Waals surface area contributed by atoms with Crippen LogP contribution in [0.15, 0.2) is 69.9 Å². The monoisotopic (exact) mass is 431 g/mol. The Morgan fingerprint density at radius 1 is 1.06 bits per heavy atom. The SMILES string of the molecule is O=C(Cn1c(=O)oc2cc([N+](=O)[O-])ccc21)N1CCC(c2cccc3ccccc23)CC1. The number of hydrogen-bond donors (Lipinski definition) is 0. The number of fused-ring (bicyclic) bond motifs is 2. The maximum Gasteiger partial charge on any atom is 0.420 e. The first-order valence-corrected chi connectivity index (χ1v) is 10.5. The van der Waals surface area contributed by atoms with Crippen LogP contribution in [0.25, 0.3) is 21.9 Å². The highest BCUT2D eigenvalue weighted by Gasteiger charge is 2.26. The Morgan fingerprint density at radius 2 is 1.81 bits per heavy atom. The number of nitro groups is 1. The van der Waals surface area contributed by atoms with Gasteiger partial charge < -0.3 is 9.32 Å². The molecule has 1 aliphatic heterocycles. The number of hydrogen-bond acceptors (Lipinski definition) is 5. The van der Waals surface area contributed by atoms with Gasteiger partial charge in [-0.1, -0.05) is 42.5 Å². The van der Waals surface area contributed by atoms with Gasteiger partial charge in [0.05, 0.1) is 16.5 Å². The van der Waals surface area contributed by atoms with Gasteiger partial charge in [0.25, 0.3) is 5.69 Å². The first kappa shape index (κ1) is 20.0. The van der Waals surface area contributed by atoms with Crippen molar-refractivity contribution in [2.45, 2.75) is 25.3 Å². The Balaban J connectivity index is 1.30. The number of aromatic nitrogens is 1. The van der Waals surface area contributed by atoms with Crippen molar-refractivity contribution in [3.63, 3.8) is 0 Å². The van der Waals surface area contributed by atoms with Crippen molar-refractivity contribution in [2.24, 2.45) is 0 Å². The lowest BCUT2D eigenvalue weighted by molar-refractivity contribution is -0.384. The molecule has 0 saturated carbocycles. The molecule has 0 spiro atoms. The van der Waals surface area contributed by atoms with E-state index >= 15 is 0 Å². The first-order valence-electron chi connectivity index (χ1n) is 10.5. The minimum Gasteiger partial charge on any atom is -0.407 e. The number of oxazole rings is 1.